The summed E-state index contributed by atoms with van der Waals surface area (Å²) in [4.78, 5) is 12.5. The lowest BCUT2D eigenvalue weighted by Crippen LogP contribution is -2.34. The van der Waals surface area contributed by atoms with Crippen LogP contribution in [-0.4, -0.2) is 31.8 Å². The van der Waals surface area contributed by atoms with Crippen LogP contribution in [0, 0.1) is 0 Å². The van der Waals surface area contributed by atoms with Crippen molar-refractivity contribution in [2.45, 2.75) is 19.8 Å². The zero-order chi connectivity index (χ0) is 20.5. The largest absolute Gasteiger partial charge is 0.495 e. The van der Waals surface area contributed by atoms with Crippen molar-refractivity contribution in [1.82, 2.24) is 5.32 Å². The predicted molar refractivity (Wildman–Crippen MR) is 115 cm³/mol. The lowest BCUT2D eigenvalue weighted by molar-refractivity contribution is 0.0977. The third-order valence-electron chi connectivity index (χ3n) is 3.81. The number of anilines is 1. The van der Waals surface area contributed by atoms with Gasteiger partial charge >= 0.3 is 0 Å². The summed E-state index contributed by atoms with van der Waals surface area (Å²) in [5.74, 6) is 1.21. The first-order chi connectivity index (χ1) is 13.5. The van der Waals surface area contributed by atoms with Crippen molar-refractivity contribution in [1.29, 1.82) is 0 Å². The maximum Gasteiger partial charge on any atom is 0.257 e. The second kappa shape index (κ2) is 10.7. The van der Waals surface area contributed by atoms with Crippen molar-refractivity contribution < 1.29 is 19.0 Å². The van der Waals surface area contributed by atoms with Crippen LogP contribution >= 0.6 is 23.8 Å². The Morgan fingerprint density at radius 3 is 2.57 bits per heavy atom. The van der Waals surface area contributed by atoms with Gasteiger partial charge < -0.3 is 19.5 Å². The fourth-order valence-electron chi connectivity index (χ4n) is 2.35. The Labute approximate surface area is 175 Å². The van der Waals surface area contributed by atoms with Crippen LogP contribution in [0.1, 0.15) is 30.1 Å². The van der Waals surface area contributed by atoms with Crippen molar-refractivity contribution in [2.24, 2.45) is 0 Å². The van der Waals surface area contributed by atoms with E-state index in [2.05, 4.69) is 17.6 Å². The standard InChI is InChI=1S/C20H23ClN2O4S/c1-4-5-9-27-14-8-6-7-13(10-14)19(24)23-20(28)22-16-12-17(25-2)15(21)11-18(16)26-3/h6-8,10-12H,4-5,9H2,1-3H3,(H2,22,23,24,28). The second-order valence-corrected chi connectivity index (χ2v) is 6.64. The van der Waals surface area contributed by atoms with E-state index >= 15 is 0 Å². The van der Waals surface area contributed by atoms with Gasteiger partial charge in [0.15, 0.2) is 5.11 Å². The predicted octanol–water partition coefficient (Wildman–Crippen LogP) is 4.66. The molecule has 2 N–H and O–H groups in total. The molecule has 0 radical (unpaired) electrons. The van der Waals surface area contributed by atoms with Gasteiger partial charge in [0.25, 0.3) is 5.91 Å². The number of carbonyl (C=O) groups is 1. The van der Waals surface area contributed by atoms with Gasteiger partial charge in [-0.25, -0.2) is 0 Å². The molecule has 150 valence electrons. The number of unbranched alkanes of at least 4 members (excludes halogenated alkanes) is 1. The van der Waals surface area contributed by atoms with Crippen molar-refractivity contribution in [3.8, 4) is 17.2 Å². The van der Waals surface area contributed by atoms with Crippen LogP contribution in [0.25, 0.3) is 0 Å². The number of benzene rings is 2. The van der Waals surface area contributed by atoms with E-state index in [1.54, 1.807) is 30.3 Å². The molecular formula is C20H23ClN2O4S. The Kier molecular flexibility index (Phi) is 8.35. The van der Waals surface area contributed by atoms with E-state index in [0.29, 0.717) is 40.1 Å². The lowest BCUT2D eigenvalue weighted by atomic mass is 10.2. The summed E-state index contributed by atoms with van der Waals surface area (Å²) in [6.07, 6.45) is 2.00. The number of methoxy groups -OCH3 is 2. The summed E-state index contributed by atoms with van der Waals surface area (Å²) in [5, 5.41) is 6.08. The Bertz CT molecular complexity index is 845. The van der Waals surface area contributed by atoms with E-state index in [1.165, 1.54) is 14.2 Å². The van der Waals surface area contributed by atoms with E-state index in [4.69, 9.17) is 38.0 Å². The molecule has 0 fully saturated rings. The Morgan fingerprint density at radius 2 is 1.89 bits per heavy atom. The van der Waals surface area contributed by atoms with Gasteiger partial charge in [-0.1, -0.05) is 31.0 Å². The summed E-state index contributed by atoms with van der Waals surface area (Å²) in [7, 11) is 3.02. The van der Waals surface area contributed by atoms with Crippen LogP contribution in [0.3, 0.4) is 0 Å². The number of ether oxygens (including phenoxy) is 3. The van der Waals surface area contributed by atoms with Gasteiger partial charge in [0.2, 0.25) is 0 Å². The molecule has 2 rings (SSSR count). The molecule has 2 aromatic carbocycles. The lowest BCUT2D eigenvalue weighted by Gasteiger charge is -2.15. The monoisotopic (exact) mass is 422 g/mol. The Morgan fingerprint density at radius 1 is 1.14 bits per heavy atom. The Balaban J connectivity index is 2.05. The first-order valence-corrected chi connectivity index (χ1v) is 9.53. The van der Waals surface area contributed by atoms with Gasteiger partial charge in [-0.2, -0.15) is 0 Å². The van der Waals surface area contributed by atoms with Gasteiger partial charge in [0, 0.05) is 17.7 Å². The number of hydrogen-bond acceptors (Lipinski definition) is 5. The topological polar surface area (TPSA) is 68.8 Å². The third kappa shape index (κ3) is 6.00. The molecule has 2 aromatic rings. The van der Waals surface area contributed by atoms with Crippen molar-refractivity contribution in [2.75, 3.05) is 26.1 Å². The fourth-order valence-corrected chi connectivity index (χ4v) is 2.78. The Hall–Kier alpha value is -2.51. The summed E-state index contributed by atoms with van der Waals surface area (Å²) in [5.41, 5.74) is 0.962. The number of nitrogens with one attached hydrogen (secondary N) is 2. The molecule has 0 aliphatic heterocycles. The van der Waals surface area contributed by atoms with E-state index in [9.17, 15) is 4.79 Å². The van der Waals surface area contributed by atoms with Gasteiger partial charge in [0.05, 0.1) is 31.5 Å². The van der Waals surface area contributed by atoms with Crippen LogP contribution in [-0.2, 0) is 0 Å². The maximum absolute atomic E-state index is 12.5. The molecule has 0 heterocycles. The highest BCUT2D eigenvalue weighted by atomic mass is 35.5. The van der Waals surface area contributed by atoms with Crippen molar-refractivity contribution in [3.63, 3.8) is 0 Å². The smallest absolute Gasteiger partial charge is 0.257 e. The average molecular weight is 423 g/mol. The number of thiocarbonyl (C=S) groups is 1. The second-order valence-electron chi connectivity index (χ2n) is 5.83. The minimum atomic E-state index is -0.349. The summed E-state index contributed by atoms with van der Waals surface area (Å²) >= 11 is 11.3. The highest BCUT2D eigenvalue weighted by Crippen LogP contribution is 2.35. The summed E-state index contributed by atoms with van der Waals surface area (Å²) in [6, 6.07) is 10.2. The summed E-state index contributed by atoms with van der Waals surface area (Å²) < 4.78 is 16.1. The molecule has 0 aromatic heterocycles. The highest BCUT2D eigenvalue weighted by Gasteiger charge is 2.13. The molecule has 0 saturated heterocycles. The first-order valence-electron chi connectivity index (χ1n) is 8.75. The maximum atomic E-state index is 12.5. The molecule has 0 bridgehead atoms. The number of halogens is 1. The van der Waals surface area contributed by atoms with Crippen molar-refractivity contribution >= 4 is 40.5 Å². The number of hydrogen-bond donors (Lipinski definition) is 2. The molecule has 0 aliphatic rings. The minimum Gasteiger partial charge on any atom is -0.495 e. The van der Waals surface area contributed by atoms with E-state index in [0.717, 1.165) is 12.8 Å². The zero-order valence-electron chi connectivity index (χ0n) is 16.0. The molecule has 8 heteroatoms. The van der Waals surface area contributed by atoms with E-state index < -0.39 is 0 Å². The first kappa shape index (κ1) is 21.8. The van der Waals surface area contributed by atoms with E-state index in [-0.39, 0.29) is 11.0 Å². The molecule has 6 nitrogen and oxygen atoms in total. The van der Waals surface area contributed by atoms with Crippen LogP contribution in [0.4, 0.5) is 5.69 Å². The number of carbonyl (C=O) groups excluding carboxylic acids is 1. The number of rotatable bonds is 8. The normalized spacial score (nSPS) is 10.1. The molecule has 28 heavy (non-hydrogen) atoms. The van der Waals surface area contributed by atoms with E-state index in [1.807, 2.05) is 6.07 Å². The van der Waals surface area contributed by atoms with Gasteiger partial charge in [-0.3, -0.25) is 10.1 Å². The van der Waals surface area contributed by atoms with Crippen LogP contribution in [0.2, 0.25) is 5.02 Å². The molecule has 0 aliphatic carbocycles. The fraction of sp³-hybridized carbons (Fsp3) is 0.300. The molecule has 0 saturated carbocycles. The van der Waals surface area contributed by atoms with Gasteiger partial charge in [0.1, 0.15) is 17.2 Å². The molecular weight excluding hydrogens is 400 g/mol. The average Bonchev–Trinajstić information content (AvgIpc) is 2.69. The highest BCUT2D eigenvalue weighted by molar-refractivity contribution is 7.80. The van der Waals surface area contributed by atoms with Crippen LogP contribution in [0.15, 0.2) is 36.4 Å². The van der Waals surface area contributed by atoms with Crippen LogP contribution in [0.5, 0.6) is 17.2 Å². The molecule has 1 amide bonds. The SMILES string of the molecule is CCCCOc1cccc(C(=O)NC(=S)Nc2cc(OC)c(Cl)cc2OC)c1. The van der Waals surface area contributed by atoms with Crippen molar-refractivity contribution in [3.05, 3.63) is 47.0 Å². The number of amides is 1. The van der Waals surface area contributed by atoms with Gasteiger partial charge in [-0.05, 0) is 36.8 Å². The van der Waals surface area contributed by atoms with Crippen LogP contribution < -0.4 is 24.8 Å². The quantitative estimate of drug-likeness (QED) is 0.476. The van der Waals surface area contributed by atoms with Gasteiger partial charge in [-0.15, -0.1) is 0 Å². The molecule has 0 spiro atoms. The molecule has 0 unspecified atom stereocenters. The molecule has 0 atom stereocenters. The summed E-state index contributed by atoms with van der Waals surface area (Å²) in [6.45, 7) is 2.70. The third-order valence-corrected chi connectivity index (χ3v) is 4.31. The minimum absolute atomic E-state index is 0.116. The zero-order valence-corrected chi connectivity index (χ0v) is 17.6.